The second kappa shape index (κ2) is 5.65. The maximum absolute atomic E-state index is 4.54. The smallest absolute Gasteiger partial charge is 0.226 e. The van der Waals surface area contributed by atoms with E-state index in [0.29, 0.717) is 12.5 Å². The number of aryl methyl sites for hydroxylation is 2. The van der Waals surface area contributed by atoms with Gasteiger partial charge in [0, 0.05) is 18.5 Å². The molecule has 3 aromatic rings. The molecule has 0 bridgehead atoms. The Morgan fingerprint density at radius 1 is 1.29 bits per heavy atom. The van der Waals surface area contributed by atoms with Crippen molar-refractivity contribution in [2.75, 3.05) is 17.2 Å². The van der Waals surface area contributed by atoms with E-state index in [0.717, 1.165) is 28.4 Å². The second-order valence-corrected chi connectivity index (χ2v) is 5.92. The molecule has 0 saturated heterocycles. The lowest BCUT2D eigenvalue weighted by Crippen LogP contribution is -2.07. The van der Waals surface area contributed by atoms with Crippen molar-refractivity contribution < 1.29 is 0 Å². The summed E-state index contributed by atoms with van der Waals surface area (Å²) >= 11 is 1.67. The van der Waals surface area contributed by atoms with Crippen LogP contribution in [0.3, 0.4) is 0 Å². The zero-order valence-electron chi connectivity index (χ0n) is 12.2. The molecule has 3 rings (SSSR count). The Hall–Kier alpha value is -2.22. The van der Waals surface area contributed by atoms with Crippen molar-refractivity contribution in [1.29, 1.82) is 0 Å². The minimum atomic E-state index is 0.535. The molecular weight excluding hydrogens is 286 g/mol. The first-order valence-electron chi connectivity index (χ1n) is 6.76. The van der Waals surface area contributed by atoms with Crippen molar-refractivity contribution in [3.05, 3.63) is 23.1 Å². The molecule has 0 fully saturated rings. The molecule has 0 aliphatic heterocycles. The number of hydrogen-bond acceptors (Lipinski definition) is 7. The number of hydrogen-bond donors (Lipinski definition) is 2. The highest BCUT2D eigenvalue weighted by molar-refractivity contribution is 7.18. The van der Waals surface area contributed by atoms with Gasteiger partial charge in [-0.3, -0.25) is 4.68 Å². The molecule has 110 valence electrons. The molecule has 0 aliphatic rings. The fraction of sp³-hybridized carbons (Fsp3) is 0.385. The lowest BCUT2D eigenvalue weighted by atomic mass is 10.3. The van der Waals surface area contributed by atoms with E-state index in [-0.39, 0.29) is 0 Å². The van der Waals surface area contributed by atoms with Gasteiger partial charge < -0.3 is 10.6 Å². The zero-order chi connectivity index (χ0) is 14.8. The molecule has 0 radical (unpaired) electrons. The molecule has 3 heterocycles. The van der Waals surface area contributed by atoms with Crippen molar-refractivity contribution in [3.8, 4) is 0 Å². The van der Waals surface area contributed by atoms with E-state index >= 15 is 0 Å². The second-order valence-electron chi connectivity index (χ2n) is 4.69. The average Bonchev–Trinajstić information content (AvgIpc) is 3.01. The third-order valence-electron chi connectivity index (χ3n) is 2.91. The van der Waals surface area contributed by atoms with Crippen LogP contribution in [-0.4, -0.2) is 31.3 Å². The summed E-state index contributed by atoms with van der Waals surface area (Å²) in [5.41, 5.74) is 0. The Morgan fingerprint density at radius 2 is 2.14 bits per heavy atom. The lowest BCUT2D eigenvalue weighted by Gasteiger charge is -2.07. The van der Waals surface area contributed by atoms with Gasteiger partial charge in [0.05, 0.1) is 11.9 Å². The quantitative estimate of drug-likeness (QED) is 0.752. The largest absolute Gasteiger partial charge is 0.362 e. The van der Waals surface area contributed by atoms with E-state index in [1.54, 1.807) is 22.3 Å². The fourth-order valence-corrected chi connectivity index (χ4v) is 2.92. The first kappa shape index (κ1) is 13.7. The number of nitrogens with zero attached hydrogens (tertiary/aromatic N) is 5. The monoisotopic (exact) mass is 303 g/mol. The molecule has 3 aromatic heterocycles. The summed E-state index contributed by atoms with van der Waals surface area (Å²) in [6, 6.07) is 2.10. The molecule has 21 heavy (non-hydrogen) atoms. The molecule has 8 heteroatoms. The Morgan fingerprint density at radius 3 is 2.86 bits per heavy atom. The minimum absolute atomic E-state index is 0.535. The van der Waals surface area contributed by atoms with E-state index in [1.807, 2.05) is 14.0 Å². The topological polar surface area (TPSA) is 80.5 Å². The van der Waals surface area contributed by atoms with Crippen molar-refractivity contribution >= 4 is 33.3 Å². The summed E-state index contributed by atoms with van der Waals surface area (Å²) in [5, 5.41) is 11.8. The first-order valence-corrected chi connectivity index (χ1v) is 7.58. The molecule has 0 atom stereocenters. The van der Waals surface area contributed by atoms with Gasteiger partial charge in [0.15, 0.2) is 5.82 Å². The van der Waals surface area contributed by atoms with Gasteiger partial charge in [0.1, 0.15) is 17.0 Å². The van der Waals surface area contributed by atoms with Crippen LogP contribution in [0.5, 0.6) is 0 Å². The molecule has 7 nitrogen and oxygen atoms in total. The number of anilines is 2. The number of thiophene rings is 1. The Kier molecular flexibility index (Phi) is 3.70. The molecule has 0 amide bonds. The number of nitrogens with one attached hydrogen (secondary N) is 2. The molecule has 0 aliphatic carbocycles. The van der Waals surface area contributed by atoms with Gasteiger partial charge in [-0.2, -0.15) is 10.1 Å². The standard InChI is InChI=1S/C13H17N7S/c1-4-14-13-17-11(9-5-8(2)21-12(9)18-13)15-6-10-16-7-20(3)19-10/h5,7H,4,6H2,1-3H3,(H2,14,15,17,18). The van der Waals surface area contributed by atoms with E-state index in [4.69, 9.17) is 0 Å². The molecular formula is C13H17N7S. The van der Waals surface area contributed by atoms with Gasteiger partial charge in [-0.25, -0.2) is 9.97 Å². The van der Waals surface area contributed by atoms with Gasteiger partial charge in [0.2, 0.25) is 5.95 Å². The predicted molar refractivity (Wildman–Crippen MR) is 84.6 cm³/mol. The van der Waals surface area contributed by atoms with Crippen LogP contribution in [0, 0.1) is 6.92 Å². The van der Waals surface area contributed by atoms with Crippen molar-refractivity contribution in [2.24, 2.45) is 7.05 Å². The summed E-state index contributed by atoms with van der Waals surface area (Å²) in [5.74, 6) is 2.19. The Bertz CT molecular complexity index is 761. The van der Waals surface area contributed by atoms with Crippen molar-refractivity contribution in [2.45, 2.75) is 20.4 Å². The highest BCUT2D eigenvalue weighted by atomic mass is 32.1. The van der Waals surface area contributed by atoms with Gasteiger partial charge in [-0.1, -0.05) is 0 Å². The van der Waals surface area contributed by atoms with E-state index in [9.17, 15) is 0 Å². The summed E-state index contributed by atoms with van der Waals surface area (Å²) in [6.07, 6.45) is 1.69. The molecule has 0 saturated carbocycles. The van der Waals surface area contributed by atoms with Gasteiger partial charge in [-0.15, -0.1) is 11.3 Å². The highest BCUT2D eigenvalue weighted by Crippen LogP contribution is 2.29. The van der Waals surface area contributed by atoms with E-state index < -0.39 is 0 Å². The normalized spacial score (nSPS) is 11.0. The highest BCUT2D eigenvalue weighted by Gasteiger charge is 2.11. The van der Waals surface area contributed by atoms with Crippen LogP contribution in [0.4, 0.5) is 11.8 Å². The van der Waals surface area contributed by atoms with E-state index in [2.05, 4.69) is 43.7 Å². The molecule has 0 unspecified atom stereocenters. The van der Waals surface area contributed by atoms with E-state index in [1.165, 1.54) is 4.88 Å². The molecule has 0 spiro atoms. The van der Waals surface area contributed by atoms with Crippen LogP contribution in [0.2, 0.25) is 0 Å². The van der Waals surface area contributed by atoms with Crippen LogP contribution in [0.15, 0.2) is 12.4 Å². The van der Waals surface area contributed by atoms with Gasteiger partial charge in [0.25, 0.3) is 0 Å². The third-order valence-corrected chi connectivity index (χ3v) is 3.86. The zero-order valence-corrected chi connectivity index (χ0v) is 13.0. The first-order chi connectivity index (χ1) is 10.2. The van der Waals surface area contributed by atoms with Crippen LogP contribution >= 0.6 is 11.3 Å². The number of aromatic nitrogens is 5. The molecule has 2 N–H and O–H groups in total. The summed E-state index contributed by atoms with van der Waals surface area (Å²) < 4.78 is 1.69. The fourth-order valence-electron chi connectivity index (χ4n) is 2.04. The Balaban J connectivity index is 1.91. The average molecular weight is 303 g/mol. The van der Waals surface area contributed by atoms with Crippen LogP contribution in [0.25, 0.3) is 10.2 Å². The molecule has 0 aromatic carbocycles. The van der Waals surface area contributed by atoms with Crippen LogP contribution < -0.4 is 10.6 Å². The maximum atomic E-state index is 4.54. The summed E-state index contributed by atoms with van der Waals surface area (Å²) in [6.45, 7) is 5.42. The number of rotatable bonds is 5. The minimum Gasteiger partial charge on any atom is -0.362 e. The van der Waals surface area contributed by atoms with Crippen molar-refractivity contribution in [3.63, 3.8) is 0 Å². The third kappa shape index (κ3) is 2.94. The summed E-state index contributed by atoms with van der Waals surface area (Å²) in [4.78, 5) is 15.5. The van der Waals surface area contributed by atoms with Crippen LogP contribution in [0.1, 0.15) is 17.6 Å². The summed E-state index contributed by atoms with van der Waals surface area (Å²) in [7, 11) is 1.85. The maximum Gasteiger partial charge on any atom is 0.226 e. The Labute approximate surface area is 126 Å². The van der Waals surface area contributed by atoms with Crippen LogP contribution in [-0.2, 0) is 13.6 Å². The lowest BCUT2D eigenvalue weighted by molar-refractivity contribution is 0.747. The SMILES string of the molecule is CCNc1nc(NCc2ncn(C)n2)c2cc(C)sc2n1. The predicted octanol–water partition coefficient (Wildman–Crippen LogP) is 2.17. The van der Waals surface area contributed by atoms with Gasteiger partial charge in [-0.05, 0) is 19.9 Å². The number of fused-ring (bicyclic) bond motifs is 1. The van der Waals surface area contributed by atoms with Gasteiger partial charge >= 0.3 is 0 Å². The van der Waals surface area contributed by atoms with Crippen molar-refractivity contribution in [1.82, 2.24) is 24.7 Å².